The molecule has 0 N–H and O–H groups in total. The van der Waals surface area contributed by atoms with Crippen molar-refractivity contribution in [3.63, 3.8) is 0 Å². The van der Waals surface area contributed by atoms with E-state index in [1.807, 2.05) is 0 Å². The summed E-state index contributed by atoms with van der Waals surface area (Å²) in [6.45, 7) is 12.4. The number of aliphatic imine (C=N–C) groups is 1. The van der Waals surface area contributed by atoms with E-state index in [1.165, 1.54) is 16.7 Å². The predicted octanol–water partition coefficient (Wildman–Crippen LogP) is 6.51. The molecule has 0 fully saturated rings. The van der Waals surface area contributed by atoms with Crippen molar-refractivity contribution in [2.75, 3.05) is 13.6 Å². The second kappa shape index (κ2) is 9.93. The van der Waals surface area contributed by atoms with Crippen LogP contribution in [0.1, 0.15) is 57.4 Å². The second-order valence-corrected chi connectivity index (χ2v) is 13.6. The number of rotatable bonds is 9. The molecule has 2 aromatic carbocycles. The summed E-state index contributed by atoms with van der Waals surface area (Å²) in [4.78, 5) is 7.45. The van der Waals surface area contributed by atoms with Gasteiger partial charge in [0.1, 0.15) is 5.84 Å². The summed E-state index contributed by atoms with van der Waals surface area (Å²) < 4.78 is 7.13. The molecular weight excluding hydrogens is 384 g/mol. The second-order valence-electron chi connectivity index (χ2n) is 8.88. The lowest BCUT2D eigenvalue weighted by atomic mass is 9.96. The minimum absolute atomic E-state index is 0.0527. The van der Waals surface area contributed by atoms with Crippen LogP contribution in [-0.2, 0) is 4.43 Å². The molecule has 4 heteroatoms. The van der Waals surface area contributed by atoms with E-state index in [4.69, 9.17) is 9.42 Å². The third-order valence-electron chi connectivity index (χ3n) is 6.77. The minimum Gasteiger partial charge on any atom is -0.406 e. The largest absolute Gasteiger partial charge is 0.406 e. The number of hydrogen-bond acceptors (Lipinski definition) is 3. The summed E-state index contributed by atoms with van der Waals surface area (Å²) in [5, 5.41) is 0. The van der Waals surface area contributed by atoms with Gasteiger partial charge in [0.2, 0.25) is 0 Å². The molecule has 3 nitrogen and oxygen atoms in total. The molecule has 0 amide bonds. The smallest absolute Gasteiger partial charge is 0.193 e. The van der Waals surface area contributed by atoms with Gasteiger partial charge in [-0.3, -0.25) is 4.99 Å². The highest BCUT2D eigenvalue weighted by atomic mass is 28.4. The Hall–Kier alpha value is -1.91. The van der Waals surface area contributed by atoms with E-state index in [0.717, 1.165) is 30.5 Å². The SMILES string of the molecule is CC[Si](CC)(CC)O[C@@H](c1ccccc1)c1ccccc1C1=N[C@@H](C(C)C)CN1C. The predicted molar refractivity (Wildman–Crippen MR) is 131 cm³/mol. The molecule has 1 aliphatic heterocycles. The summed E-state index contributed by atoms with van der Waals surface area (Å²) in [6.07, 6.45) is -0.0527. The van der Waals surface area contributed by atoms with Crippen LogP contribution >= 0.6 is 0 Å². The Bertz CT molecular complexity index is 837. The zero-order valence-corrected chi connectivity index (χ0v) is 20.6. The van der Waals surface area contributed by atoms with Crippen LogP contribution in [0.25, 0.3) is 0 Å². The normalized spacial score (nSPS) is 18.0. The monoisotopic (exact) mass is 422 g/mol. The van der Waals surface area contributed by atoms with Crippen molar-refractivity contribution in [2.45, 2.75) is 64.9 Å². The molecule has 2 aromatic rings. The van der Waals surface area contributed by atoms with Crippen LogP contribution < -0.4 is 0 Å². The Kier molecular flexibility index (Phi) is 7.53. The molecule has 0 bridgehead atoms. The molecule has 0 aliphatic carbocycles. The van der Waals surface area contributed by atoms with Crippen molar-refractivity contribution < 1.29 is 4.43 Å². The highest BCUT2D eigenvalue weighted by Gasteiger charge is 2.35. The first kappa shape index (κ1) is 22.8. The molecule has 0 saturated heterocycles. The van der Waals surface area contributed by atoms with Gasteiger partial charge in [-0.1, -0.05) is 89.2 Å². The molecule has 3 rings (SSSR count). The van der Waals surface area contributed by atoms with E-state index in [2.05, 4.69) is 101 Å². The zero-order valence-electron chi connectivity index (χ0n) is 19.6. The molecule has 0 unspecified atom stereocenters. The average molecular weight is 423 g/mol. The van der Waals surface area contributed by atoms with Crippen LogP contribution in [0.3, 0.4) is 0 Å². The molecule has 1 aliphatic rings. The molecule has 2 atom stereocenters. The van der Waals surface area contributed by atoms with Crippen LogP contribution in [0.5, 0.6) is 0 Å². The Morgan fingerprint density at radius 3 is 2.13 bits per heavy atom. The minimum atomic E-state index is -1.81. The van der Waals surface area contributed by atoms with Crippen LogP contribution in [0, 0.1) is 5.92 Å². The maximum atomic E-state index is 7.13. The van der Waals surface area contributed by atoms with E-state index in [0.29, 0.717) is 12.0 Å². The average Bonchev–Trinajstić information content (AvgIpc) is 3.18. The highest BCUT2D eigenvalue weighted by molar-refractivity contribution is 6.73. The third-order valence-corrected chi connectivity index (χ3v) is 11.4. The molecule has 30 heavy (non-hydrogen) atoms. The van der Waals surface area contributed by atoms with Crippen molar-refractivity contribution in [2.24, 2.45) is 10.9 Å². The maximum absolute atomic E-state index is 7.13. The Morgan fingerprint density at radius 1 is 0.967 bits per heavy atom. The Labute approximate surface area is 184 Å². The molecule has 162 valence electrons. The van der Waals surface area contributed by atoms with Gasteiger partial charge < -0.3 is 9.33 Å². The van der Waals surface area contributed by atoms with Gasteiger partial charge >= 0.3 is 0 Å². The van der Waals surface area contributed by atoms with E-state index in [-0.39, 0.29) is 6.10 Å². The fraction of sp³-hybridized carbons (Fsp3) is 0.500. The maximum Gasteiger partial charge on any atom is 0.193 e. The number of nitrogens with zero attached hydrogens (tertiary/aromatic N) is 2. The fourth-order valence-electron chi connectivity index (χ4n) is 4.42. The van der Waals surface area contributed by atoms with Crippen molar-refractivity contribution in [3.8, 4) is 0 Å². The van der Waals surface area contributed by atoms with Crippen LogP contribution in [-0.4, -0.2) is 38.7 Å². The van der Waals surface area contributed by atoms with Crippen LogP contribution in [0.4, 0.5) is 0 Å². The number of hydrogen-bond donors (Lipinski definition) is 0. The molecule has 0 aromatic heterocycles. The Balaban J connectivity index is 2.11. The fourth-order valence-corrected chi connectivity index (χ4v) is 7.18. The van der Waals surface area contributed by atoms with Gasteiger partial charge in [-0.25, -0.2) is 0 Å². The summed E-state index contributed by atoms with van der Waals surface area (Å²) in [6, 6.07) is 23.2. The van der Waals surface area contributed by atoms with Gasteiger partial charge in [0.25, 0.3) is 0 Å². The lowest BCUT2D eigenvalue weighted by Crippen LogP contribution is -2.38. The third kappa shape index (κ3) is 4.70. The van der Waals surface area contributed by atoms with E-state index in [9.17, 15) is 0 Å². The molecule has 0 radical (unpaired) electrons. The van der Waals surface area contributed by atoms with Gasteiger partial charge in [-0.05, 0) is 35.2 Å². The molecule has 1 heterocycles. The lowest BCUT2D eigenvalue weighted by Gasteiger charge is -2.35. The van der Waals surface area contributed by atoms with Gasteiger partial charge in [-0.2, -0.15) is 0 Å². The first-order chi connectivity index (χ1) is 14.4. The zero-order chi connectivity index (χ0) is 21.7. The van der Waals surface area contributed by atoms with E-state index >= 15 is 0 Å². The van der Waals surface area contributed by atoms with Crippen LogP contribution in [0.2, 0.25) is 18.1 Å². The summed E-state index contributed by atoms with van der Waals surface area (Å²) in [7, 11) is 0.356. The number of benzene rings is 2. The quantitative estimate of drug-likeness (QED) is 0.430. The first-order valence-electron chi connectivity index (χ1n) is 11.6. The van der Waals surface area contributed by atoms with Crippen molar-refractivity contribution in [1.29, 1.82) is 0 Å². The van der Waals surface area contributed by atoms with Gasteiger partial charge in [0, 0.05) is 19.2 Å². The summed E-state index contributed by atoms with van der Waals surface area (Å²) in [5.74, 6) is 1.64. The molecule has 0 saturated carbocycles. The van der Waals surface area contributed by atoms with E-state index in [1.54, 1.807) is 0 Å². The number of amidine groups is 1. The summed E-state index contributed by atoms with van der Waals surface area (Å²) >= 11 is 0. The Morgan fingerprint density at radius 2 is 1.57 bits per heavy atom. The van der Waals surface area contributed by atoms with Gasteiger partial charge in [0.05, 0.1) is 12.1 Å². The standard InChI is InChI=1S/C26H38N2OSi/c1-7-30(8-2,9-3)29-25(21-15-11-10-12-16-21)22-17-13-14-18-23(22)26-27-24(20(4)5)19-28(26)6/h10-18,20,24-25H,7-9,19H2,1-6H3/t24-,25+/m1/s1. The number of likely N-dealkylation sites (N-methyl/N-ethyl adjacent to an activating group) is 1. The van der Waals surface area contributed by atoms with E-state index < -0.39 is 8.32 Å². The van der Waals surface area contributed by atoms with Gasteiger partial charge in [-0.15, -0.1) is 0 Å². The highest BCUT2D eigenvalue weighted by Crippen LogP contribution is 2.36. The van der Waals surface area contributed by atoms with Crippen molar-refractivity contribution >= 4 is 14.2 Å². The molecule has 0 spiro atoms. The van der Waals surface area contributed by atoms with Crippen LogP contribution in [0.15, 0.2) is 59.6 Å². The van der Waals surface area contributed by atoms with Crippen molar-refractivity contribution in [3.05, 3.63) is 71.3 Å². The topological polar surface area (TPSA) is 24.8 Å². The molecular formula is C26H38N2OSi. The van der Waals surface area contributed by atoms with Gasteiger partial charge in [0.15, 0.2) is 8.32 Å². The summed E-state index contributed by atoms with van der Waals surface area (Å²) in [5.41, 5.74) is 3.69. The first-order valence-corrected chi connectivity index (χ1v) is 14.1. The van der Waals surface area contributed by atoms with Crippen molar-refractivity contribution in [1.82, 2.24) is 4.90 Å². The lowest BCUT2D eigenvalue weighted by molar-refractivity contribution is 0.229.